The van der Waals surface area contributed by atoms with E-state index in [2.05, 4.69) is 15.0 Å². The van der Waals surface area contributed by atoms with E-state index in [1.165, 1.54) is 11.1 Å². The molecule has 1 amide bonds. The van der Waals surface area contributed by atoms with Crippen molar-refractivity contribution in [1.29, 1.82) is 0 Å². The number of hydrogen-bond donors (Lipinski definition) is 1. The first-order chi connectivity index (χ1) is 13.1. The van der Waals surface area contributed by atoms with Crippen molar-refractivity contribution in [2.75, 3.05) is 24.5 Å². The van der Waals surface area contributed by atoms with Gasteiger partial charge < -0.3 is 14.9 Å². The molecule has 3 heterocycles. The molecule has 1 atom stereocenters. The molecule has 8 heteroatoms. The van der Waals surface area contributed by atoms with Crippen LogP contribution >= 0.6 is 0 Å². The maximum absolute atomic E-state index is 13.0. The number of hydrogen-bond acceptors (Lipinski definition) is 6. The summed E-state index contributed by atoms with van der Waals surface area (Å²) in [5.74, 6) is -0.935. The first kappa shape index (κ1) is 16.9. The molecule has 0 radical (unpaired) electrons. The summed E-state index contributed by atoms with van der Waals surface area (Å²) in [6.45, 7) is 0.855. The van der Waals surface area contributed by atoms with Crippen LogP contribution in [0, 0.1) is 0 Å². The SMILES string of the molecule is O=C(O)[C@H]1CN(c2ncccn2)CCN1C(=O)c1cnc2ccccc2c1. The predicted molar refractivity (Wildman–Crippen MR) is 98.4 cm³/mol. The molecular weight excluding hydrogens is 346 g/mol. The third kappa shape index (κ3) is 3.29. The number of rotatable bonds is 3. The molecule has 0 bridgehead atoms. The molecule has 1 aliphatic heterocycles. The number of carboxylic acids is 1. The number of pyridine rings is 1. The van der Waals surface area contributed by atoms with Crippen molar-refractivity contribution >= 4 is 28.7 Å². The lowest BCUT2D eigenvalue weighted by Crippen LogP contribution is -2.58. The van der Waals surface area contributed by atoms with Gasteiger partial charge in [0.2, 0.25) is 5.95 Å². The van der Waals surface area contributed by atoms with E-state index in [4.69, 9.17) is 0 Å². The molecule has 1 saturated heterocycles. The number of aromatic nitrogens is 3. The zero-order chi connectivity index (χ0) is 18.8. The second-order valence-corrected chi connectivity index (χ2v) is 6.26. The molecule has 2 aromatic heterocycles. The molecule has 0 saturated carbocycles. The van der Waals surface area contributed by atoms with Crippen molar-refractivity contribution in [1.82, 2.24) is 19.9 Å². The molecular formula is C19H17N5O3. The molecule has 0 aliphatic carbocycles. The van der Waals surface area contributed by atoms with E-state index in [0.717, 1.165) is 10.9 Å². The summed E-state index contributed by atoms with van der Waals surface area (Å²) < 4.78 is 0. The Bertz CT molecular complexity index is 995. The van der Waals surface area contributed by atoms with Gasteiger partial charge in [0.05, 0.1) is 17.6 Å². The molecule has 8 nitrogen and oxygen atoms in total. The van der Waals surface area contributed by atoms with Gasteiger partial charge in [0.1, 0.15) is 6.04 Å². The maximum Gasteiger partial charge on any atom is 0.328 e. The molecule has 1 aromatic carbocycles. The lowest BCUT2D eigenvalue weighted by molar-refractivity contribution is -0.142. The van der Waals surface area contributed by atoms with E-state index in [1.54, 1.807) is 29.4 Å². The van der Waals surface area contributed by atoms with Gasteiger partial charge in [0.15, 0.2) is 0 Å². The summed E-state index contributed by atoms with van der Waals surface area (Å²) in [5, 5.41) is 10.5. The van der Waals surface area contributed by atoms with Crippen molar-refractivity contribution in [3.8, 4) is 0 Å². The van der Waals surface area contributed by atoms with Gasteiger partial charge in [0, 0.05) is 37.1 Å². The topological polar surface area (TPSA) is 99.5 Å². The highest BCUT2D eigenvalue weighted by molar-refractivity contribution is 5.99. The Kier molecular flexibility index (Phi) is 4.37. The Morgan fingerprint density at radius 2 is 1.81 bits per heavy atom. The van der Waals surface area contributed by atoms with Crippen LogP contribution in [0.4, 0.5) is 5.95 Å². The van der Waals surface area contributed by atoms with Crippen molar-refractivity contribution in [2.24, 2.45) is 0 Å². The summed E-state index contributed by atoms with van der Waals surface area (Å²) >= 11 is 0. The van der Waals surface area contributed by atoms with E-state index in [0.29, 0.717) is 18.1 Å². The molecule has 3 aromatic rings. The summed E-state index contributed by atoms with van der Waals surface area (Å²) in [4.78, 5) is 40.6. The van der Waals surface area contributed by atoms with Crippen LogP contribution in [0.5, 0.6) is 0 Å². The average Bonchev–Trinajstić information content (AvgIpc) is 2.73. The lowest BCUT2D eigenvalue weighted by Gasteiger charge is -2.39. The number of carbonyl (C=O) groups is 2. The molecule has 136 valence electrons. The Hall–Kier alpha value is -3.55. The van der Waals surface area contributed by atoms with Crippen LogP contribution in [0.2, 0.25) is 0 Å². The van der Waals surface area contributed by atoms with Crippen LogP contribution in [0.15, 0.2) is 55.0 Å². The monoisotopic (exact) mass is 363 g/mol. The van der Waals surface area contributed by atoms with Crippen LogP contribution in [-0.2, 0) is 4.79 Å². The summed E-state index contributed by atoms with van der Waals surface area (Å²) in [6.07, 6.45) is 4.71. The minimum Gasteiger partial charge on any atom is -0.480 e. The van der Waals surface area contributed by atoms with E-state index in [9.17, 15) is 14.7 Å². The smallest absolute Gasteiger partial charge is 0.328 e. The second kappa shape index (κ2) is 6.99. The highest BCUT2D eigenvalue weighted by Gasteiger charge is 2.36. The third-order valence-electron chi connectivity index (χ3n) is 4.60. The number of nitrogens with zero attached hydrogens (tertiary/aromatic N) is 5. The predicted octanol–water partition coefficient (Wildman–Crippen LogP) is 1.44. The largest absolute Gasteiger partial charge is 0.480 e. The van der Waals surface area contributed by atoms with Gasteiger partial charge in [-0.1, -0.05) is 18.2 Å². The minimum absolute atomic E-state index is 0.131. The normalized spacial score (nSPS) is 17.1. The van der Waals surface area contributed by atoms with Crippen LogP contribution < -0.4 is 4.90 Å². The highest BCUT2D eigenvalue weighted by Crippen LogP contribution is 2.19. The highest BCUT2D eigenvalue weighted by atomic mass is 16.4. The van der Waals surface area contributed by atoms with Crippen LogP contribution in [0.3, 0.4) is 0 Å². The number of benzene rings is 1. The number of para-hydroxylation sites is 1. The van der Waals surface area contributed by atoms with Crippen LogP contribution in [0.25, 0.3) is 10.9 Å². The summed E-state index contributed by atoms with van der Waals surface area (Å²) in [6, 6.07) is 9.95. The fourth-order valence-corrected chi connectivity index (χ4v) is 3.23. The van der Waals surface area contributed by atoms with E-state index in [-0.39, 0.29) is 19.0 Å². The quantitative estimate of drug-likeness (QED) is 0.751. The number of amides is 1. The average molecular weight is 363 g/mol. The Balaban J connectivity index is 1.59. The van der Waals surface area contributed by atoms with E-state index >= 15 is 0 Å². The van der Waals surface area contributed by atoms with E-state index in [1.807, 2.05) is 24.3 Å². The molecule has 0 spiro atoms. The first-order valence-electron chi connectivity index (χ1n) is 8.54. The summed E-state index contributed by atoms with van der Waals surface area (Å²) in [5.41, 5.74) is 1.17. The van der Waals surface area contributed by atoms with Crippen LogP contribution in [0.1, 0.15) is 10.4 Å². The Morgan fingerprint density at radius 3 is 2.59 bits per heavy atom. The second-order valence-electron chi connectivity index (χ2n) is 6.26. The Labute approximate surface area is 155 Å². The van der Waals surface area contributed by atoms with Crippen molar-refractivity contribution in [2.45, 2.75) is 6.04 Å². The molecule has 27 heavy (non-hydrogen) atoms. The minimum atomic E-state index is -1.06. The lowest BCUT2D eigenvalue weighted by atomic mass is 10.1. The molecule has 1 fully saturated rings. The van der Waals surface area contributed by atoms with Gasteiger partial charge in [-0.2, -0.15) is 0 Å². The van der Waals surface area contributed by atoms with Gasteiger partial charge in [-0.25, -0.2) is 14.8 Å². The number of aliphatic carboxylic acids is 1. The van der Waals surface area contributed by atoms with Crippen molar-refractivity contribution in [3.05, 3.63) is 60.6 Å². The first-order valence-corrected chi connectivity index (χ1v) is 8.54. The standard InChI is InChI=1S/C19H17N5O3/c25-17(14-10-13-4-1-2-5-15(13)22-11-14)24-9-8-23(12-16(24)18(26)27)19-20-6-3-7-21-19/h1-7,10-11,16H,8-9,12H2,(H,26,27)/t16-/m1/s1. The van der Waals surface area contributed by atoms with Crippen molar-refractivity contribution in [3.63, 3.8) is 0 Å². The number of carbonyl (C=O) groups excluding carboxylic acids is 1. The molecule has 1 N–H and O–H groups in total. The zero-order valence-corrected chi connectivity index (χ0v) is 14.4. The third-order valence-corrected chi connectivity index (χ3v) is 4.60. The zero-order valence-electron chi connectivity index (χ0n) is 14.4. The summed E-state index contributed by atoms with van der Waals surface area (Å²) in [7, 11) is 0. The van der Waals surface area contributed by atoms with Gasteiger partial charge in [-0.3, -0.25) is 9.78 Å². The van der Waals surface area contributed by atoms with Crippen molar-refractivity contribution < 1.29 is 14.7 Å². The van der Waals surface area contributed by atoms with Gasteiger partial charge >= 0.3 is 5.97 Å². The maximum atomic E-state index is 13.0. The number of carboxylic acid groups (broad SMARTS) is 1. The van der Waals surface area contributed by atoms with Gasteiger partial charge in [0.25, 0.3) is 5.91 Å². The number of anilines is 1. The number of fused-ring (bicyclic) bond motifs is 1. The molecule has 4 rings (SSSR count). The fraction of sp³-hybridized carbons (Fsp3) is 0.211. The van der Waals surface area contributed by atoms with Gasteiger partial charge in [-0.05, 0) is 18.2 Å². The molecule has 0 unspecified atom stereocenters. The molecule has 1 aliphatic rings. The van der Waals surface area contributed by atoms with E-state index < -0.39 is 12.0 Å². The Morgan fingerprint density at radius 1 is 1.04 bits per heavy atom. The fourth-order valence-electron chi connectivity index (χ4n) is 3.23. The van der Waals surface area contributed by atoms with Gasteiger partial charge in [-0.15, -0.1) is 0 Å². The number of piperazine rings is 1. The van der Waals surface area contributed by atoms with Crippen LogP contribution in [-0.4, -0.2) is 62.5 Å².